The molecule has 1 fully saturated rings. The lowest BCUT2D eigenvalue weighted by Gasteiger charge is -2.32. The number of carbonyl (C=O) groups is 1. The molecular weight excluding hydrogens is 190 g/mol. The molecule has 1 atom stereocenters. The molecule has 1 saturated heterocycles. The van der Waals surface area contributed by atoms with Crippen LogP contribution in [0.25, 0.3) is 0 Å². The standard InChI is InChI=1S/C12H23NO2/c1-10(2)9-15-7-6-13-5-4-12(14)8-11(13)3/h10-11H,4-9H2,1-3H3. The van der Waals surface area contributed by atoms with Gasteiger partial charge in [-0.3, -0.25) is 9.69 Å². The predicted molar refractivity (Wildman–Crippen MR) is 60.9 cm³/mol. The van der Waals surface area contributed by atoms with Crippen molar-refractivity contribution in [2.45, 2.75) is 39.7 Å². The van der Waals surface area contributed by atoms with Crippen molar-refractivity contribution in [1.29, 1.82) is 0 Å². The van der Waals surface area contributed by atoms with Gasteiger partial charge in [-0.1, -0.05) is 13.8 Å². The highest BCUT2D eigenvalue weighted by Gasteiger charge is 2.22. The van der Waals surface area contributed by atoms with Gasteiger partial charge in [0.15, 0.2) is 0 Å². The molecule has 1 aliphatic heterocycles. The van der Waals surface area contributed by atoms with Crippen LogP contribution in [-0.4, -0.2) is 43.0 Å². The lowest BCUT2D eigenvalue weighted by atomic mass is 10.0. The molecule has 1 heterocycles. The second-order valence-electron chi connectivity index (χ2n) is 4.85. The van der Waals surface area contributed by atoms with Gasteiger partial charge in [-0.2, -0.15) is 0 Å². The van der Waals surface area contributed by atoms with Gasteiger partial charge in [0, 0.05) is 38.6 Å². The molecule has 15 heavy (non-hydrogen) atoms. The number of ketones is 1. The monoisotopic (exact) mass is 213 g/mol. The number of likely N-dealkylation sites (tertiary alicyclic amines) is 1. The summed E-state index contributed by atoms with van der Waals surface area (Å²) in [5.41, 5.74) is 0. The molecule has 0 N–H and O–H groups in total. The summed E-state index contributed by atoms with van der Waals surface area (Å²) >= 11 is 0. The second-order valence-corrected chi connectivity index (χ2v) is 4.85. The summed E-state index contributed by atoms with van der Waals surface area (Å²) in [5.74, 6) is 1.01. The third-order valence-corrected chi connectivity index (χ3v) is 2.80. The van der Waals surface area contributed by atoms with E-state index in [0.29, 0.717) is 30.6 Å². The minimum Gasteiger partial charge on any atom is -0.380 e. The maximum atomic E-state index is 11.2. The zero-order chi connectivity index (χ0) is 11.3. The summed E-state index contributed by atoms with van der Waals surface area (Å²) < 4.78 is 5.55. The lowest BCUT2D eigenvalue weighted by molar-refractivity contribution is -0.123. The molecule has 0 aromatic carbocycles. The number of hydrogen-bond acceptors (Lipinski definition) is 3. The summed E-state index contributed by atoms with van der Waals surface area (Å²) in [6.45, 7) is 9.92. The van der Waals surface area contributed by atoms with Gasteiger partial charge in [0.05, 0.1) is 6.61 Å². The fourth-order valence-electron chi connectivity index (χ4n) is 1.88. The molecule has 0 aromatic rings. The molecule has 3 heteroatoms. The van der Waals surface area contributed by atoms with Gasteiger partial charge in [-0.15, -0.1) is 0 Å². The molecule has 1 aliphatic rings. The molecule has 88 valence electrons. The first-order valence-corrected chi connectivity index (χ1v) is 5.93. The SMILES string of the molecule is CC(C)COCCN1CCC(=O)CC1C. The number of nitrogens with zero attached hydrogens (tertiary/aromatic N) is 1. The molecule has 0 saturated carbocycles. The van der Waals surface area contributed by atoms with Gasteiger partial charge in [-0.05, 0) is 12.8 Å². The minimum absolute atomic E-state index is 0.397. The highest BCUT2D eigenvalue weighted by Crippen LogP contribution is 2.13. The molecular formula is C12H23NO2. The Balaban J connectivity index is 2.13. The summed E-state index contributed by atoms with van der Waals surface area (Å²) in [6.07, 6.45) is 1.43. The van der Waals surface area contributed by atoms with Gasteiger partial charge in [0.2, 0.25) is 0 Å². The zero-order valence-electron chi connectivity index (χ0n) is 10.2. The molecule has 0 aromatic heterocycles. The first-order valence-electron chi connectivity index (χ1n) is 5.93. The average Bonchev–Trinajstić information content (AvgIpc) is 2.14. The Kier molecular flexibility index (Phi) is 5.26. The Hall–Kier alpha value is -0.410. The van der Waals surface area contributed by atoms with Crippen LogP contribution in [-0.2, 0) is 9.53 Å². The molecule has 3 nitrogen and oxygen atoms in total. The minimum atomic E-state index is 0.397. The summed E-state index contributed by atoms with van der Waals surface area (Å²) in [4.78, 5) is 13.5. The van der Waals surface area contributed by atoms with Crippen molar-refractivity contribution >= 4 is 5.78 Å². The Morgan fingerprint density at radius 1 is 1.53 bits per heavy atom. The van der Waals surface area contributed by atoms with Crippen LogP contribution in [0, 0.1) is 5.92 Å². The number of rotatable bonds is 5. The van der Waals surface area contributed by atoms with Crippen LogP contribution < -0.4 is 0 Å². The molecule has 0 spiro atoms. The van der Waals surface area contributed by atoms with Crippen LogP contribution in [0.5, 0.6) is 0 Å². The highest BCUT2D eigenvalue weighted by atomic mass is 16.5. The molecule has 0 amide bonds. The van der Waals surface area contributed by atoms with Crippen molar-refractivity contribution in [2.24, 2.45) is 5.92 Å². The fraction of sp³-hybridized carbons (Fsp3) is 0.917. The van der Waals surface area contributed by atoms with Gasteiger partial charge >= 0.3 is 0 Å². The van der Waals surface area contributed by atoms with Gasteiger partial charge in [0.25, 0.3) is 0 Å². The zero-order valence-corrected chi connectivity index (χ0v) is 10.2. The van der Waals surface area contributed by atoms with Crippen LogP contribution >= 0.6 is 0 Å². The Bertz CT molecular complexity index is 204. The quantitative estimate of drug-likeness (QED) is 0.651. The van der Waals surface area contributed by atoms with Crippen molar-refractivity contribution in [3.8, 4) is 0 Å². The largest absolute Gasteiger partial charge is 0.380 e. The first kappa shape index (κ1) is 12.7. The van der Waals surface area contributed by atoms with Crippen LogP contribution in [0.1, 0.15) is 33.6 Å². The topological polar surface area (TPSA) is 29.5 Å². The summed E-state index contributed by atoms with van der Waals surface area (Å²) in [6, 6.07) is 0.397. The Morgan fingerprint density at radius 3 is 2.87 bits per heavy atom. The molecule has 1 unspecified atom stereocenters. The van der Waals surface area contributed by atoms with E-state index in [9.17, 15) is 4.79 Å². The second kappa shape index (κ2) is 6.23. The van der Waals surface area contributed by atoms with E-state index in [1.807, 2.05) is 0 Å². The predicted octanol–water partition coefficient (Wildman–Crippen LogP) is 1.71. The van der Waals surface area contributed by atoms with Crippen LogP contribution in [0.15, 0.2) is 0 Å². The van der Waals surface area contributed by atoms with Gasteiger partial charge in [0.1, 0.15) is 5.78 Å². The van der Waals surface area contributed by atoms with E-state index >= 15 is 0 Å². The maximum Gasteiger partial charge on any atom is 0.135 e. The van der Waals surface area contributed by atoms with Crippen LogP contribution in [0.2, 0.25) is 0 Å². The lowest BCUT2D eigenvalue weighted by Crippen LogP contribution is -2.42. The Morgan fingerprint density at radius 2 is 2.27 bits per heavy atom. The van der Waals surface area contributed by atoms with Gasteiger partial charge < -0.3 is 4.74 Å². The van der Waals surface area contributed by atoms with E-state index in [-0.39, 0.29) is 0 Å². The van der Waals surface area contributed by atoms with Crippen molar-refractivity contribution < 1.29 is 9.53 Å². The summed E-state index contributed by atoms with van der Waals surface area (Å²) in [7, 11) is 0. The molecule has 0 radical (unpaired) electrons. The Labute approximate surface area is 92.8 Å². The van der Waals surface area contributed by atoms with Gasteiger partial charge in [-0.25, -0.2) is 0 Å². The van der Waals surface area contributed by atoms with E-state index in [2.05, 4.69) is 25.7 Å². The number of hydrogen-bond donors (Lipinski definition) is 0. The van der Waals surface area contributed by atoms with Crippen LogP contribution in [0.3, 0.4) is 0 Å². The van der Waals surface area contributed by atoms with Crippen molar-refractivity contribution in [2.75, 3.05) is 26.3 Å². The number of carbonyl (C=O) groups excluding carboxylic acids is 1. The van der Waals surface area contributed by atoms with E-state index in [1.165, 1.54) is 0 Å². The fourth-order valence-corrected chi connectivity index (χ4v) is 1.88. The third kappa shape index (κ3) is 4.76. The number of Topliss-reactive ketones (excluding diaryl/α,β-unsaturated/α-hetero) is 1. The first-order chi connectivity index (χ1) is 7.09. The van der Waals surface area contributed by atoms with Crippen LogP contribution in [0.4, 0.5) is 0 Å². The molecule has 0 bridgehead atoms. The molecule has 1 rings (SSSR count). The number of ether oxygens (including phenoxy) is 1. The maximum absolute atomic E-state index is 11.2. The van der Waals surface area contributed by atoms with E-state index in [1.54, 1.807) is 0 Å². The van der Waals surface area contributed by atoms with E-state index in [4.69, 9.17) is 4.74 Å². The van der Waals surface area contributed by atoms with E-state index in [0.717, 1.165) is 26.3 Å². The highest BCUT2D eigenvalue weighted by molar-refractivity contribution is 5.79. The van der Waals surface area contributed by atoms with Crippen molar-refractivity contribution in [3.05, 3.63) is 0 Å². The van der Waals surface area contributed by atoms with Crippen molar-refractivity contribution in [1.82, 2.24) is 4.90 Å². The smallest absolute Gasteiger partial charge is 0.135 e. The normalized spacial score (nSPS) is 23.7. The number of piperidine rings is 1. The van der Waals surface area contributed by atoms with E-state index < -0.39 is 0 Å². The average molecular weight is 213 g/mol. The summed E-state index contributed by atoms with van der Waals surface area (Å²) in [5, 5.41) is 0. The molecule has 0 aliphatic carbocycles. The van der Waals surface area contributed by atoms with Crippen molar-refractivity contribution in [3.63, 3.8) is 0 Å². The third-order valence-electron chi connectivity index (χ3n) is 2.80.